The zero-order valence-corrected chi connectivity index (χ0v) is 20.2. The molecule has 0 saturated carbocycles. The molecule has 1 N–H and O–H groups in total. The maximum absolute atomic E-state index is 13.5. The molecule has 6 heteroatoms. The van der Waals surface area contributed by atoms with E-state index >= 15 is 0 Å². The Labute approximate surface area is 206 Å². The molecule has 2 atom stereocenters. The minimum Gasteiger partial charge on any atom is -0.497 e. The number of anilines is 1. The van der Waals surface area contributed by atoms with Crippen molar-refractivity contribution >= 4 is 23.2 Å². The molecule has 1 amide bonds. The van der Waals surface area contributed by atoms with Crippen molar-refractivity contribution in [3.8, 4) is 5.75 Å². The van der Waals surface area contributed by atoms with Crippen molar-refractivity contribution < 1.29 is 9.53 Å². The third kappa shape index (κ3) is 4.91. The molecular weight excluding hydrogens is 446 g/mol. The van der Waals surface area contributed by atoms with E-state index in [9.17, 15) is 4.79 Å². The van der Waals surface area contributed by atoms with Crippen LogP contribution in [0.15, 0.2) is 72.8 Å². The molecule has 5 nitrogen and oxygen atoms in total. The summed E-state index contributed by atoms with van der Waals surface area (Å²) in [5, 5.41) is 3.95. The number of carbonyl (C=O) groups is 1. The Morgan fingerprint density at radius 3 is 2.59 bits per heavy atom. The fraction of sp³-hybridized carbons (Fsp3) is 0.321. The number of hydrogen-bond donors (Lipinski definition) is 1. The monoisotopic (exact) mass is 475 g/mol. The van der Waals surface area contributed by atoms with Crippen LogP contribution >= 0.6 is 11.6 Å². The highest BCUT2D eigenvalue weighted by molar-refractivity contribution is 6.30. The fourth-order valence-corrected chi connectivity index (χ4v) is 5.30. The van der Waals surface area contributed by atoms with E-state index in [1.54, 1.807) is 7.11 Å². The SMILES string of the molecule is COc1ccc2c(c1)N1CCN(Cc3ccc(Cl)cc3)C[C@@H]1[C@@H](C(=O)NCc1ccccc1)C2. The van der Waals surface area contributed by atoms with Gasteiger partial charge in [-0.15, -0.1) is 0 Å². The predicted octanol–water partition coefficient (Wildman–Crippen LogP) is 4.53. The van der Waals surface area contributed by atoms with Gasteiger partial charge >= 0.3 is 0 Å². The molecule has 0 unspecified atom stereocenters. The number of piperazine rings is 1. The normalized spacial score (nSPS) is 19.8. The molecule has 0 aromatic heterocycles. The first kappa shape index (κ1) is 22.8. The van der Waals surface area contributed by atoms with Gasteiger partial charge in [-0.05, 0) is 41.3 Å². The standard InChI is InChI=1S/C28H30ClN3O2/c1-34-24-12-9-22-15-25(28(33)30-17-20-5-3-2-4-6-20)27-19-31(13-14-32(27)26(22)16-24)18-21-7-10-23(29)11-8-21/h2-12,16,25,27H,13-15,17-19H2,1H3,(H,30,33)/t25-,27+/m0/s1. The quantitative estimate of drug-likeness (QED) is 0.569. The maximum atomic E-state index is 13.5. The van der Waals surface area contributed by atoms with Gasteiger partial charge < -0.3 is 15.0 Å². The number of nitrogens with zero attached hydrogens (tertiary/aromatic N) is 2. The van der Waals surface area contributed by atoms with Crippen molar-refractivity contribution in [2.75, 3.05) is 31.6 Å². The first-order valence-corrected chi connectivity index (χ1v) is 12.2. The van der Waals surface area contributed by atoms with Crippen molar-refractivity contribution in [1.82, 2.24) is 10.2 Å². The van der Waals surface area contributed by atoms with Crippen LogP contribution in [0.4, 0.5) is 5.69 Å². The minimum absolute atomic E-state index is 0.108. The number of benzene rings is 3. The molecule has 2 heterocycles. The predicted molar refractivity (Wildman–Crippen MR) is 136 cm³/mol. The van der Waals surface area contributed by atoms with E-state index in [0.717, 1.165) is 48.9 Å². The van der Waals surface area contributed by atoms with Gasteiger partial charge in [0.25, 0.3) is 0 Å². The first-order valence-electron chi connectivity index (χ1n) is 11.8. The number of amides is 1. The Kier molecular flexibility index (Phi) is 6.75. The lowest BCUT2D eigenvalue weighted by Crippen LogP contribution is -2.60. The third-order valence-corrected chi connectivity index (χ3v) is 7.23. The van der Waals surface area contributed by atoms with Crippen LogP contribution in [0.1, 0.15) is 16.7 Å². The smallest absolute Gasteiger partial charge is 0.225 e. The molecule has 2 aliphatic heterocycles. The number of methoxy groups -OCH3 is 1. The van der Waals surface area contributed by atoms with Crippen LogP contribution in [-0.4, -0.2) is 43.6 Å². The number of halogens is 1. The Morgan fingerprint density at radius 2 is 1.82 bits per heavy atom. The van der Waals surface area contributed by atoms with Gasteiger partial charge in [-0.2, -0.15) is 0 Å². The Balaban J connectivity index is 1.37. The van der Waals surface area contributed by atoms with Crippen molar-refractivity contribution in [2.24, 2.45) is 5.92 Å². The van der Waals surface area contributed by atoms with Crippen molar-refractivity contribution in [3.63, 3.8) is 0 Å². The van der Waals surface area contributed by atoms with E-state index in [-0.39, 0.29) is 17.9 Å². The first-order chi connectivity index (χ1) is 16.6. The second-order valence-electron chi connectivity index (χ2n) is 9.13. The highest BCUT2D eigenvalue weighted by Crippen LogP contribution is 2.38. The van der Waals surface area contributed by atoms with Crippen LogP contribution in [0, 0.1) is 5.92 Å². The maximum Gasteiger partial charge on any atom is 0.225 e. The highest BCUT2D eigenvalue weighted by atomic mass is 35.5. The van der Waals surface area contributed by atoms with Gasteiger partial charge in [-0.1, -0.05) is 60.1 Å². The Morgan fingerprint density at radius 1 is 1.03 bits per heavy atom. The molecule has 5 rings (SSSR count). The van der Waals surface area contributed by atoms with Gasteiger partial charge in [-0.25, -0.2) is 0 Å². The summed E-state index contributed by atoms with van der Waals surface area (Å²) in [4.78, 5) is 18.3. The molecule has 0 radical (unpaired) electrons. The molecule has 0 bridgehead atoms. The third-order valence-electron chi connectivity index (χ3n) is 6.97. The molecule has 0 spiro atoms. The van der Waals surface area contributed by atoms with Gasteiger partial charge in [0.2, 0.25) is 5.91 Å². The number of nitrogens with one attached hydrogen (secondary N) is 1. The van der Waals surface area contributed by atoms with Gasteiger partial charge in [-0.3, -0.25) is 9.69 Å². The van der Waals surface area contributed by atoms with Crippen LogP contribution in [0.2, 0.25) is 5.02 Å². The average molecular weight is 476 g/mol. The van der Waals surface area contributed by atoms with E-state index in [1.807, 2.05) is 48.5 Å². The van der Waals surface area contributed by atoms with Crippen LogP contribution in [0.25, 0.3) is 0 Å². The lowest BCUT2D eigenvalue weighted by molar-refractivity contribution is -0.126. The van der Waals surface area contributed by atoms with E-state index in [2.05, 4.69) is 39.4 Å². The van der Waals surface area contributed by atoms with Gasteiger partial charge in [0.15, 0.2) is 0 Å². The summed E-state index contributed by atoms with van der Waals surface area (Å²) in [6.07, 6.45) is 0.732. The molecular formula is C28H30ClN3O2. The summed E-state index contributed by atoms with van der Waals surface area (Å²) in [7, 11) is 1.70. The van der Waals surface area contributed by atoms with Gasteiger partial charge in [0, 0.05) is 49.5 Å². The van der Waals surface area contributed by atoms with Crippen LogP contribution in [0.5, 0.6) is 5.75 Å². The van der Waals surface area contributed by atoms with Crippen molar-refractivity contribution in [2.45, 2.75) is 25.6 Å². The second kappa shape index (κ2) is 10.1. The Bertz CT molecular complexity index is 1140. The molecule has 34 heavy (non-hydrogen) atoms. The van der Waals surface area contributed by atoms with Crippen molar-refractivity contribution in [3.05, 3.63) is 94.5 Å². The second-order valence-corrected chi connectivity index (χ2v) is 9.57. The van der Waals surface area contributed by atoms with Crippen LogP contribution < -0.4 is 15.0 Å². The number of fused-ring (bicyclic) bond motifs is 3. The largest absolute Gasteiger partial charge is 0.497 e. The van der Waals surface area contributed by atoms with Crippen molar-refractivity contribution in [1.29, 1.82) is 0 Å². The molecule has 3 aromatic carbocycles. The summed E-state index contributed by atoms with van der Waals surface area (Å²) < 4.78 is 5.50. The zero-order valence-electron chi connectivity index (χ0n) is 19.4. The number of ether oxygens (including phenoxy) is 1. The summed E-state index contributed by atoms with van der Waals surface area (Å²) in [6, 6.07) is 24.5. The summed E-state index contributed by atoms with van der Waals surface area (Å²) in [5.41, 5.74) is 4.76. The molecule has 0 aliphatic carbocycles. The minimum atomic E-state index is -0.113. The molecule has 2 aliphatic rings. The van der Waals surface area contributed by atoms with Crippen LogP contribution in [0.3, 0.4) is 0 Å². The summed E-state index contributed by atoms with van der Waals surface area (Å²) in [5.74, 6) is 0.861. The van der Waals surface area contributed by atoms with Crippen LogP contribution in [-0.2, 0) is 24.3 Å². The molecule has 3 aromatic rings. The lowest BCUT2D eigenvalue weighted by Gasteiger charge is -2.49. The average Bonchev–Trinajstić information content (AvgIpc) is 2.88. The van der Waals surface area contributed by atoms with Gasteiger partial charge in [0.1, 0.15) is 5.75 Å². The van der Waals surface area contributed by atoms with E-state index in [1.165, 1.54) is 16.8 Å². The Hall–Kier alpha value is -3.02. The number of rotatable bonds is 6. The topological polar surface area (TPSA) is 44.8 Å². The molecule has 176 valence electrons. The molecule has 1 saturated heterocycles. The summed E-state index contributed by atoms with van der Waals surface area (Å²) >= 11 is 6.07. The van der Waals surface area contributed by atoms with E-state index in [0.29, 0.717) is 6.54 Å². The number of hydrogen-bond acceptors (Lipinski definition) is 4. The fourth-order valence-electron chi connectivity index (χ4n) is 5.17. The highest BCUT2D eigenvalue weighted by Gasteiger charge is 2.41. The zero-order chi connectivity index (χ0) is 23.5. The molecule has 1 fully saturated rings. The summed E-state index contributed by atoms with van der Waals surface area (Å²) in [6.45, 7) is 4.05. The lowest BCUT2D eigenvalue weighted by atomic mass is 9.83. The van der Waals surface area contributed by atoms with E-state index < -0.39 is 0 Å². The van der Waals surface area contributed by atoms with Gasteiger partial charge in [0.05, 0.1) is 19.1 Å². The van der Waals surface area contributed by atoms with E-state index in [4.69, 9.17) is 16.3 Å². The number of carbonyl (C=O) groups excluding carboxylic acids is 1.